The van der Waals surface area contributed by atoms with Gasteiger partial charge in [0.15, 0.2) is 0 Å². The van der Waals surface area contributed by atoms with Crippen LogP contribution in [0.4, 0.5) is 0 Å². The third kappa shape index (κ3) is 5.43. The van der Waals surface area contributed by atoms with E-state index in [1.165, 1.54) is 0 Å². The summed E-state index contributed by atoms with van der Waals surface area (Å²) in [4.78, 5) is 20.4. The first kappa shape index (κ1) is 16.3. The summed E-state index contributed by atoms with van der Waals surface area (Å²) in [6, 6.07) is 0. The molecule has 8 heteroatoms. The molecule has 0 heterocycles. The molecule has 0 unspecified atom stereocenters. The molecule has 0 rings (SSSR count). The topological polar surface area (TPSA) is 80.3 Å². The summed E-state index contributed by atoms with van der Waals surface area (Å²) >= 11 is 0. The molecule has 100 valence electrons. The van der Waals surface area contributed by atoms with Gasteiger partial charge in [0.2, 0.25) is 0 Å². The Morgan fingerprint density at radius 2 is 1.53 bits per heavy atom. The predicted molar refractivity (Wildman–Crippen MR) is 58.8 cm³/mol. The molecule has 7 nitrogen and oxygen atoms in total. The van der Waals surface area contributed by atoms with Crippen LogP contribution < -0.4 is 0 Å². The second-order valence-electron chi connectivity index (χ2n) is 2.63. The van der Waals surface area contributed by atoms with Crippen LogP contribution in [0.1, 0.15) is 20.8 Å². The summed E-state index contributed by atoms with van der Waals surface area (Å²) in [5.74, 6) is -0.893. The zero-order valence-electron chi connectivity index (χ0n) is 10.1. The van der Waals surface area contributed by atoms with Crippen molar-refractivity contribution in [3.05, 3.63) is 11.9 Å². The molecule has 0 amide bonds. The van der Waals surface area contributed by atoms with Gasteiger partial charge < -0.3 is 4.74 Å². The van der Waals surface area contributed by atoms with Crippen LogP contribution in [-0.2, 0) is 33.2 Å². The van der Waals surface area contributed by atoms with E-state index in [0.717, 1.165) is 0 Å². The summed E-state index contributed by atoms with van der Waals surface area (Å²) in [5.41, 5.74) is 0. The van der Waals surface area contributed by atoms with E-state index in [1.807, 2.05) is 0 Å². The Morgan fingerprint density at radius 3 is 1.88 bits per heavy atom. The fourth-order valence-corrected chi connectivity index (χ4v) is 1.65. The van der Waals surface area contributed by atoms with E-state index in [-0.39, 0.29) is 19.8 Å². The minimum absolute atomic E-state index is 0.112. The highest BCUT2D eigenvalue weighted by Crippen LogP contribution is 2.56. The monoisotopic (exact) mass is 268 g/mol. The van der Waals surface area contributed by atoms with Crippen LogP contribution in [0.5, 0.6) is 0 Å². The Bertz CT molecular complexity index is 290. The van der Waals surface area contributed by atoms with Gasteiger partial charge in [-0.1, -0.05) is 6.58 Å². The Morgan fingerprint density at radius 1 is 1.06 bits per heavy atom. The average molecular weight is 268 g/mol. The fraction of sp³-hybridized carbons (Fsp3) is 0.667. The molecule has 0 saturated carbocycles. The Hall–Kier alpha value is -0.720. The van der Waals surface area contributed by atoms with Crippen molar-refractivity contribution in [1.82, 2.24) is 0 Å². The first-order valence-corrected chi connectivity index (χ1v) is 6.65. The molecule has 0 aromatic heterocycles. The average Bonchev–Trinajstić information content (AvgIpc) is 2.33. The molecule has 0 aromatic rings. The molecule has 0 aliphatic heterocycles. The summed E-state index contributed by atoms with van der Waals surface area (Å²) in [6.45, 7) is 8.48. The molecule has 0 aromatic carbocycles. The molecule has 0 saturated heterocycles. The van der Waals surface area contributed by atoms with Crippen molar-refractivity contribution in [2.45, 2.75) is 20.8 Å². The fourth-order valence-electron chi connectivity index (χ4n) is 0.673. The molecule has 0 N–H and O–H groups in total. The summed E-state index contributed by atoms with van der Waals surface area (Å²) in [7, 11) is -4.04. The van der Waals surface area contributed by atoms with E-state index in [0.29, 0.717) is 0 Å². The molecule has 0 fully saturated rings. The minimum Gasteiger partial charge on any atom is -0.462 e. The molecule has 0 aliphatic rings. The van der Waals surface area contributed by atoms with Crippen LogP contribution in [0.3, 0.4) is 0 Å². The van der Waals surface area contributed by atoms with E-state index in [4.69, 9.17) is 0 Å². The Labute approximate surface area is 100 Å². The summed E-state index contributed by atoms with van der Waals surface area (Å²) < 4.78 is 25.7. The Balaban J connectivity index is 4.71. The third-order valence-corrected chi connectivity index (χ3v) is 2.83. The second-order valence-corrected chi connectivity index (χ2v) is 4.46. The van der Waals surface area contributed by atoms with Gasteiger partial charge in [-0.3, -0.25) is 0 Å². The zero-order chi connectivity index (χ0) is 13.3. The van der Waals surface area contributed by atoms with Crippen molar-refractivity contribution >= 4 is 13.6 Å². The highest BCUT2D eigenvalue weighted by Gasteiger charge is 2.37. The van der Waals surface area contributed by atoms with Crippen LogP contribution in [-0.4, -0.2) is 25.8 Å². The van der Waals surface area contributed by atoms with E-state index >= 15 is 0 Å². The highest BCUT2D eigenvalue weighted by atomic mass is 31.2. The molecular formula is C9H17O7P. The smallest absolute Gasteiger partial charge is 0.421 e. The second kappa shape index (κ2) is 8.38. The summed E-state index contributed by atoms with van der Waals surface area (Å²) in [5, 5.41) is -0.485. The van der Waals surface area contributed by atoms with E-state index in [1.54, 1.807) is 20.8 Å². The maximum Gasteiger partial charge on any atom is 0.421 e. The van der Waals surface area contributed by atoms with Gasteiger partial charge in [0.25, 0.3) is 0 Å². The number of esters is 1. The molecule has 0 bridgehead atoms. The predicted octanol–water partition coefficient (Wildman–Crippen LogP) is 2.19. The Kier molecular flexibility index (Phi) is 8.03. The lowest BCUT2D eigenvalue weighted by atomic mass is 10.6. The van der Waals surface area contributed by atoms with Gasteiger partial charge in [0.1, 0.15) is 5.31 Å². The molecule has 0 aliphatic carbocycles. The van der Waals surface area contributed by atoms with Gasteiger partial charge in [-0.05, 0) is 20.8 Å². The van der Waals surface area contributed by atoms with E-state index in [9.17, 15) is 9.36 Å². The number of hydrogen-bond donors (Lipinski definition) is 0. The summed E-state index contributed by atoms with van der Waals surface area (Å²) in [6.07, 6.45) is 0. The molecular weight excluding hydrogens is 251 g/mol. The number of carbonyl (C=O) groups excluding carboxylic acids is 1. The van der Waals surface area contributed by atoms with Crippen LogP contribution in [0, 0.1) is 0 Å². The largest absolute Gasteiger partial charge is 0.462 e. The standard InChI is InChI=1S/C9H17O7P/c1-5-12-9(10)8(4)17(11,15-13-6-2)16-14-7-3/h4-7H2,1-3H3. The first-order valence-electron chi connectivity index (χ1n) is 5.10. The lowest BCUT2D eigenvalue weighted by Crippen LogP contribution is -2.11. The van der Waals surface area contributed by atoms with Crippen molar-refractivity contribution < 1.29 is 33.2 Å². The van der Waals surface area contributed by atoms with Crippen molar-refractivity contribution in [3.63, 3.8) is 0 Å². The van der Waals surface area contributed by atoms with Crippen LogP contribution in [0.15, 0.2) is 11.9 Å². The van der Waals surface area contributed by atoms with Gasteiger partial charge in [-0.2, -0.15) is 0 Å². The van der Waals surface area contributed by atoms with Gasteiger partial charge in [-0.15, -0.1) is 9.35 Å². The zero-order valence-corrected chi connectivity index (χ0v) is 11.0. The van der Waals surface area contributed by atoms with E-state index < -0.39 is 18.9 Å². The third-order valence-electron chi connectivity index (χ3n) is 1.38. The molecule has 0 radical (unpaired) electrons. The van der Waals surface area contributed by atoms with Gasteiger partial charge in [0, 0.05) is 0 Å². The molecule has 0 spiro atoms. The van der Waals surface area contributed by atoms with Crippen LogP contribution in [0.2, 0.25) is 0 Å². The quantitative estimate of drug-likeness (QED) is 0.208. The number of hydrogen-bond acceptors (Lipinski definition) is 7. The lowest BCUT2D eigenvalue weighted by Gasteiger charge is -2.16. The molecule has 17 heavy (non-hydrogen) atoms. The maximum atomic E-state index is 12.1. The molecule has 0 atom stereocenters. The van der Waals surface area contributed by atoms with Crippen molar-refractivity contribution in [2.24, 2.45) is 0 Å². The number of carbonyl (C=O) groups is 1. The van der Waals surface area contributed by atoms with Gasteiger partial charge >= 0.3 is 13.6 Å². The van der Waals surface area contributed by atoms with Crippen LogP contribution >= 0.6 is 7.60 Å². The van der Waals surface area contributed by atoms with Gasteiger partial charge in [-0.25, -0.2) is 19.1 Å². The minimum atomic E-state index is -4.04. The number of ether oxygens (including phenoxy) is 1. The normalized spacial score (nSPS) is 11.2. The number of rotatable bonds is 9. The SMILES string of the molecule is C=C(C(=O)OCC)P(=O)(OOCC)OOCC. The maximum absolute atomic E-state index is 12.1. The van der Waals surface area contributed by atoms with Gasteiger partial charge in [0.05, 0.1) is 19.8 Å². The van der Waals surface area contributed by atoms with Crippen molar-refractivity contribution in [2.75, 3.05) is 19.8 Å². The van der Waals surface area contributed by atoms with Crippen LogP contribution in [0.25, 0.3) is 0 Å². The first-order chi connectivity index (χ1) is 8.01. The van der Waals surface area contributed by atoms with E-state index in [2.05, 4.69) is 30.4 Å². The van der Waals surface area contributed by atoms with Crippen molar-refractivity contribution in [3.8, 4) is 0 Å². The highest BCUT2D eigenvalue weighted by molar-refractivity contribution is 7.59. The van der Waals surface area contributed by atoms with Crippen molar-refractivity contribution in [1.29, 1.82) is 0 Å². The lowest BCUT2D eigenvalue weighted by molar-refractivity contribution is -0.261.